The monoisotopic (exact) mass is 146 g/mol. The Morgan fingerprint density at radius 3 is 1.88 bits per heavy atom. The van der Waals surface area contributed by atoms with Crippen molar-refractivity contribution in [3.8, 4) is 0 Å². The summed E-state index contributed by atoms with van der Waals surface area (Å²) in [5.74, 6) is 0. The zero-order valence-electron chi connectivity index (χ0n) is 4.43. The van der Waals surface area contributed by atoms with E-state index in [-0.39, 0.29) is 29.6 Å². The normalized spacial score (nSPS) is 4.62. The minimum Gasteiger partial charge on any atom is -0.565 e. The third-order valence-corrected chi connectivity index (χ3v) is 0. The fraction of sp³-hybridized carbons (Fsp3) is 0. The van der Waals surface area contributed by atoms with Crippen LogP contribution in [-0.2, 0) is 0 Å². The van der Waals surface area contributed by atoms with E-state index in [1.807, 2.05) is 0 Å². The third kappa shape index (κ3) is 1970. The molecule has 0 aliphatic heterocycles. The Morgan fingerprint density at radius 2 is 1.88 bits per heavy atom. The summed E-state index contributed by atoms with van der Waals surface area (Å²) in [7, 11) is 0. The molecule has 5 heteroatoms. The van der Waals surface area contributed by atoms with E-state index in [1.54, 1.807) is 0 Å². The van der Waals surface area contributed by atoms with Crippen LogP contribution in [0.3, 0.4) is 0 Å². The van der Waals surface area contributed by atoms with Gasteiger partial charge in [-0.25, -0.2) is 0 Å². The third-order valence-electron chi connectivity index (χ3n) is 0. The van der Waals surface area contributed by atoms with Crippen LogP contribution < -0.4 is 34.7 Å². The molecule has 0 heterocycles. The molecular formula is C3H4ClNaO3. The summed E-state index contributed by atoms with van der Waals surface area (Å²) >= 11 is 4.76. The van der Waals surface area contributed by atoms with Crippen molar-refractivity contribution in [2.45, 2.75) is 0 Å². The van der Waals surface area contributed by atoms with E-state index in [2.05, 4.69) is 6.58 Å². The molecule has 0 aliphatic carbocycles. The molecule has 0 atom stereocenters. The van der Waals surface area contributed by atoms with Gasteiger partial charge in [0.1, 0.15) is 0 Å². The molecule has 0 amide bonds. The summed E-state index contributed by atoms with van der Waals surface area (Å²) in [5, 5.41) is 15.3. The molecule has 8 heavy (non-hydrogen) atoms. The number of halogens is 1. The maximum Gasteiger partial charge on any atom is 1.00 e. The van der Waals surface area contributed by atoms with E-state index < -0.39 is 6.16 Å². The van der Waals surface area contributed by atoms with Crippen LogP contribution in [0.15, 0.2) is 12.1 Å². The molecule has 42 valence electrons. The van der Waals surface area contributed by atoms with E-state index in [0.29, 0.717) is 0 Å². The smallest absolute Gasteiger partial charge is 0.565 e. The molecule has 0 aromatic rings. The largest absolute Gasteiger partial charge is 1.00 e. The van der Waals surface area contributed by atoms with Crippen molar-refractivity contribution in [3.63, 3.8) is 0 Å². The molecule has 0 radical (unpaired) electrons. The molecule has 0 aliphatic rings. The van der Waals surface area contributed by atoms with Crippen molar-refractivity contribution in [2.75, 3.05) is 0 Å². The van der Waals surface area contributed by atoms with Gasteiger partial charge in [0.2, 0.25) is 6.16 Å². The molecule has 3 nitrogen and oxygen atoms in total. The van der Waals surface area contributed by atoms with Gasteiger partial charge in [-0.3, -0.25) is 0 Å². The van der Waals surface area contributed by atoms with Crippen molar-refractivity contribution in [2.24, 2.45) is 0 Å². The molecule has 0 aromatic carbocycles. The summed E-state index contributed by atoms with van der Waals surface area (Å²) < 4.78 is 0. The van der Waals surface area contributed by atoms with Gasteiger partial charge in [0.05, 0.1) is 0 Å². The quantitative estimate of drug-likeness (QED) is 0.377. The number of rotatable bonds is 0. The first kappa shape index (κ1) is 15.7. The summed E-state index contributed by atoms with van der Waals surface area (Å²) in [6.07, 6.45) is -2.08. The minimum atomic E-state index is -2.08. The van der Waals surface area contributed by atoms with Gasteiger partial charge >= 0.3 is 29.6 Å². The second kappa shape index (κ2) is 15.7. The number of carbonyl (C=O) groups is 1. The van der Waals surface area contributed by atoms with Gasteiger partial charge in [-0.05, 0) is 5.54 Å². The van der Waals surface area contributed by atoms with E-state index in [9.17, 15) is 0 Å². The van der Waals surface area contributed by atoms with Crippen LogP contribution in [0, 0.1) is 0 Å². The van der Waals surface area contributed by atoms with Crippen molar-refractivity contribution in [3.05, 3.63) is 12.1 Å². The van der Waals surface area contributed by atoms with Gasteiger partial charge in [0.25, 0.3) is 0 Å². The average Bonchev–Trinajstić information content (AvgIpc) is 1.33. The molecule has 0 spiro atoms. The van der Waals surface area contributed by atoms with Crippen LogP contribution in [0.2, 0.25) is 0 Å². The minimum absolute atomic E-state index is 0. The standard InChI is InChI=1S/C2H3Cl.CH2O3.Na/c1-2-3;2-1(3)4;/h2H,1H2;(H2,2,3,4);/q;;+1/p-1. The first-order chi connectivity index (χ1) is 3.15. The Bertz CT molecular complexity index is 61.5. The first-order valence-electron chi connectivity index (χ1n) is 1.26. The van der Waals surface area contributed by atoms with Crippen molar-refractivity contribution >= 4 is 17.8 Å². The van der Waals surface area contributed by atoms with Crippen molar-refractivity contribution in [1.29, 1.82) is 0 Å². The molecule has 0 rings (SSSR count). The molecule has 0 saturated carbocycles. The summed E-state index contributed by atoms with van der Waals surface area (Å²) in [5.41, 5.74) is 1.22. The number of hydrogen-bond acceptors (Lipinski definition) is 2. The zero-order valence-corrected chi connectivity index (χ0v) is 7.18. The van der Waals surface area contributed by atoms with Crippen LogP contribution in [0.1, 0.15) is 0 Å². The Morgan fingerprint density at radius 1 is 1.88 bits per heavy atom. The Kier molecular flexibility index (Phi) is 30.8. The second-order valence-electron chi connectivity index (χ2n) is 0.420. The van der Waals surface area contributed by atoms with Gasteiger partial charge in [0.15, 0.2) is 0 Å². The maximum absolute atomic E-state index is 8.44. The van der Waals surface area contributed by atoms with Gasteiger partial charge in [-0.15, -0.1) is 0 Å². The van der Waals surface area contributed by atoms with Crippen LogP contribution >= 0.6 is 11.6 Å². The summed E-state index contributed by atoms with van der Waals surface area (Å²) in [6.45, 7) is 3.13. The Balaban J connectivity index is -0.0000000575. The Hall–Kier alpha value is 0.300. The van der Waals surface area contributed by atoms with E-state index in [4.69, 9.17) is 26.6 Å². The number of hydrogen-bond donors (Lipinski definition) is 1. The molecule has 0 aromatic heterocycles. The van der Waals surface area contributed by atoms with Gasteiger partial charge in [-0.1, -0.05) is 18.2 Å². The Labute approximate surface area is 74.3 Å². The molecule has 0 saturated heterocycles. The summed E-state index contributed by atoms with van der Waals surface area (Å²) in [6, 6.07) is 0. The fourth-order valence-corrected chi connectivity index (χ4v) is 0. The number of carboxylic acid groups (broad SMARTS) is 2. The van der Waals surface area contributed by atoms with Crippen LogP contribution in [0.5, 0.6) is 0 Å². The predicted molar refractivity (Wildman–Crippen MR) is 24.1 cm³/mol. The van der Waals surface area contributed by atoms with Crippen LogP contribution in [0.25, 0.3) is 0 Å². The van der Waals surface area contributed by atoms with Crippen molar-refractivity contribution in [1.82, 2.24) is 0 Å². The van der Waals surface area contributed by atoms with Crippen LogP contribution in [0.4, 0.5) is 4.79 Å². The molecule has 0 unspecified atom stereocenters. The summed E-state index contributed by atoms with van der Waals surface area (Å²) in [4.78, 5) is 8.44. The SMILES string of the molecule is C=CCl.O=C([O-])O.[Na+]. The zero-order chi connectivity index (χ0) is 6.28. The van der Waals surface area contributed by atoms with Gasteiger partial charge in [-0.2, -0.15) is 0 Å². The molecular weight excluding hydrogens is 142 g/mol. The van der Waals surface area contributed by atoms with Crippen LogP contribution in [-0.4, -0.2) is 11.3 Å². The van der Waals surface area contributed by atoms with E-state index >= 15 is 0 Å². The first-order valence-corrected chi connectivity index (χ1v) is 1.69. The molecule has 0 bridgehead atoms. The van der Waals surface area contributed by atoms with E-state index in [0.717, 1.165) is 0 Å². The maximum atomic E-state index is 8.44. The molecule has 1 N–H and O–H groups in total. The fourth-order valence-electron chi connectivity index (χ4n) is 0. The second-order valence-corrected chi connectivity index (χ2v) is 0.729. The average molecular weight is 147 g/mol. The van der Waals surface area contributed by atoms with Gasteiger partial charge in [0, 0.05) is 0 Å². The topological polar surface area (TPSA) is 60.4 Å². The van der Waals surface area contributed by atoms with Gasteiger partial charge < -0.3 is 15.0 Å². The molecule has 0 fully saturated rings. The predicted octanol–water partition coefficient (Wildman–Crippen LogP) is -2.74. The van der Waals surface area contributed by atoms with E-state index in [1.165, 1.54) is 5.54 Å². The van der Waals surface area contributed by atoms with Crippen molar-refractivity contribution < 1.29 is 44.6 Å².